The van der Waals surface area contributed by atoms with Crippen LogP contribution in [-0.2, 0) is 0 Å². The van der Waals surface area contributed by atoms with Crippen LogP contribution in [0.4, 0.5) is 0 Å². The molecule has 0 nitrogen and oxygen atoms in total. The molecular formula is C42H64Si4. The van der Waals surface area contributed by atoms with Crippen LogP contribution in [0, 0.1) is 41.5 Å². The van der Waals surface area contributed by atoms with Gasteiger partial charge in [-0.3, -0.25) is 0 Å². The van der Waals surface area contributed by atoms with E-state index in [9.17, 15) is 0 Å². The number of benzene rings is 3. The lowest BCUT2D eigenvalue weighted by Gasteiger charge is -2.45. The Morgan fingerprint density at radius 2 is 0.609 bits per heavy atom. The van der Waals surface area contributed by atoms with Crippen molar-refractivity contribution in [2.75, 3.05) is 0 Å². The third-order valence-electron chi connectivity index (χ3n) is 11.9. The monoisotopic (exact) mass is 680 g/mol. The molecule has 0 fully saturated rings. The van der Waals surface area contributed by atoms with Crippen molar-refractivity contribution in [3.8, 4) is 0 Å². The van der Waals surface area contributed by atoms with Crippen LogP contribution in [0.1, 0.15) is 61.1 Å². The van der Waals surface area contributed by atoms with Crippen molar-refractivity contribution in [1.29, 1.82) is 0 Å². The molecule has 4 rings (SSSR count). The van der Waals surface area contributed by atoms with E-state index < -0.39 is 32.3 Å². The fourth-order valence-corrected chi connectivity index (χ4v) is 19.2. The minimum Gasteiger partial charge on any atom is -0.0656 e. The average molecular weight is 681 g/mol. The molecule has 0 N–H and O–H groups in total. The molecule has 0 amide bonds. The van der Waals surface area contributed by atoms with Gasteiger partial charge in [0.1, 0.15) is 0 Å². The molecule has 1 aliphatic carbocycles. The van der Waals surface area contributed by atoms with Crippen molar-refractivity contribution in [3.63, 3.8) is 0 Å². The van der Waals surface area contributed by atoms with E-state index in [0.29, 0.717) is 5.54 Å². The molecule has 0 radical (unpaired) electrons. The van der Waals surface area contributed by atoms with Crippen molar-refractivity contribution < 1.29 is 0 Å². The molecule has 0 saturated carbocycles. The Hall–Kier alpha value is -1.99. The molecule has 0 aromatic heterocycles. The van der Waals surface area contributed by atoms with Crippen LogP contribution >= 0.6 is 0 Å². The van der Waals surface area contributed by atoms with E-state index >= 15 is 0 Å². The lowest BCUT2D eigenvalue weighted by atomic mass is 10.1. The van der Waals surface area contributed by atoms with Gasteiger partial charge in [-0.2, -0.15) is 0 Å². The van der Waals surface area contributed by atoms with Crippen LogP contribution in [0.15, 0.2) is 58.7 Å². The molecule has 0 bridgehead atoms. The van der Waals surface area contributed by atoms with Gasteiger partial charge in [-0.05, 0) is 129 Å². The second-order valence-electron chi connectivity index (χ2n) is 18.0. The average Bonchev–Trinajstić information content (AvgIpc) is 3.11. The van der Waals surface area contributed by atoms with Crippen molar-refractivity contribution in [3.05, 3.63) is 92.1 Å². The molecule has 0 atom stereocenters. The van der Waals surface area contributed by atoms with E-state index in [0.717, 1.165) is 0 Å². The first kappa shape index (κ1) is 36.8. The molecule has 3 aromatic carbocycles. The third-order valence-corrected chi connectivity index (χ3v) is 23.8. The smallest absolute Gasteiger partial charge is 0.0656 e. The van der Waals surface area contributed by atoms with Gasteiger partial charge in [-0.25, -0.2) is 0 Å². The Bertz CT molecular complexity index is 1590. The summed E-state index contributed by atoms with van der Waals surface area (Å²) in [5.74, 6) is 0. The largest absolute Gasteiger partial charge is 0.160 e. The van der Waals surface area contributed by atoms with Crippen molar-refractivity contribution in [2.45, 2.75) is 134 Å². The molecule has 3 aromatic rings. The fraction of sp³-hybridized carbons (Fsp3) is 0.476. The van der Waals surface area contributed by atoms with Gasteiger partial charge in [0.05, 0.1) is 24.2 Å². The van der Waals surface area contributed by atoms with E-state index in [-0.39, 0.29) is 0 Å². The maximum atomic E-state index is 2.76. The zero-order valence-electron chi connectivity index (χ0n) is 33.0. The molecule has 0 saturated heterocycles. The highest BCUT2D eigenvalue weighted by molar-refractivity contribution is 7.14. The van der Waals surface area contributed by atoms with Crippen molar-refractivity contribution >= 4 is 63.4 Å². The van der Waals surface area contributed by atoms with Crippen molar-refractivity contribution in [1.82, 2.24) is 0 Å². The topological polar surface area (TPSA) is 0 Å². The second-order valence-corrected chi connectivity index (χ2v) is 37.0. The summed E-state index contributed by atoms with van der Waals surface area (Å²) in [6.07, 6.45) is 0. The van der Waals surface area contributed by atoms with Crippen LogP contribution in [0.5, 0.6) is 0 Å². The SMILES string of the molecule is CC1=C(C)C([Si](c2cc([Si](C)(C)C)cc(C)c2C)(c2cc([Si](C)(C)C)cc(C)c2C)c2cc([Si](C)(C)C)cc(C)c2C)C(C)=C1C. The molecule has 0 heterocycles. The van der Waals surface area contributed by atoms with Gasteiger partial charge in [0.2, 0.25) is 0 Å². The second kappa shape index (κ2) is 12.2. The number of allylic oxidation sites excluding steroid dienone is 4. The van der Waals surface area contributed by atoms with E-state index in [1.807, 2.05) is 0 Å². The van der Waals surface area contributed by atoms with E-state index in [4.69, 9.17) is 0 Å². The Labute approximate surface area is 287 Å². The number of hydrogen-bond acceptors (Lipinski definition) is 0. The van der Waals surface area contributed by atoms with E-state index in [1.54, 1.807) is 42.3 Å². The molecule has 1 aliphatic rings. The standard InChI is InChI=1S/C42H64Si4/c1-26-20-36(43(11,12)13)23-39(29(26)4)46(42-34(9)32(7)33(8)35(42)10,40-24-37(44(14,15)16)21-27(2)30(40)5)41-25-38(45(17,18)19)22-28(3)31(41)6/h20-25,42H,1-19H3. The Morgan fingerprint density at radius 3 is 0.826 bits per heavy atom. The van der Waals surface area contributed by atoms with Gasteiger partial charge >= 0.3 is 0 Å². The number of aryl methyl sites for hydroxylation is 3. The first-order chi connectivity index (χ1) is 20.9. The predicted octanol–water partition coefficient (Wildman–Crippen LogP) is 8.70. The number of rotatable bonds is 7. The maximum Gasteiger partial charge on any atom is 0.160 e. The minimum absolute atomic E-state index is 0.382. The molecule has 4 heteroatoms. The number of hydrogen-bond donors (Lipinski definition) is 0. The fourth-order valence-electron chi connectivity index (χ4n) is 8.01. The maximum absolute atomic E-state index is 2.81. The van der Waals surface area contributed by atoms with Crippen LogP contribution < -0.4 is 31.1 Å². The molecule has 248 valence electrons. The first-order valence-electron chi connectivity index (χ1n) is 17.6. The highest BCUT2D eigenvalue weighted by Crippen LogP contribution is 2.47. The summed E-state index contributed by atoms with van der Waals surface area (Å²) in [6, 6.07) is 15.9. The lowest BCUT2D eigenvalue weighted by Crippen LogP contribution is -2.74. The Morgan fingerprint density at radius 1 is 0.370 bits per heavy atom. The van der Waals surface area contributed by atoms with Gasteiger partial charge in [0.15, 0.2) is 8.07 Å². The van der Waals surface area contributed by atoms with Gasteiger partial charge in [0, 0.05) is 5.54 Å². The predicted molar refractivity (Wildman–Crippen MR) is 222 cm³/mol. The van der Waals surface area contributed by atoms with Crippen LogP contribution in [-0.4, -0.2) is 32.3 Å². The zero-order chi connectivity index (χ0) is 35.1. The lowest BCUT2D eigenvalue weighted by molar-refractivity contribution is 1.08. The quantitative estimate of drug-likeness (QED) is 0.173. The summed E-state index contributed by atoms with van der Waals surface area (Å²) in [4.78, 5) is 0. The Kier molecular flexibility index (Phi) is 9.74. The van der Waals surface area contributed by atoms with E-state index in [1.165, 1.54) is 44.5 Å². The van der Waals surface area contributed by atoms with Crippen LogP contribution in [0.25, 0.3) is 0 Å². The molecule has 0 spiro atoms. The summed E-state index contributed by atoms with van der Waals surface area (Å²) in [5.41, 5.74) is 15.6. The minimum atomic E-state index is -2.81. The van der Waals surface area contributed by atoms with Gasteiger partial charge in [-0.1, -0.05) is 122 Å². The Balaban J connectivity index is 2.50. The highest BCUT2D eigenvalue weighted by atomic mass is 28.3. The van der Waals surface area contributed by atoms with Crippen molar-refractivity contribution in [2.24, 2.45) is 0 Å². The zero-order valence-corrected chi connectivity index (χ0v) is 37.0. The summed E-state index contributed by atoms with van der Waals surface area (Å²) < 4.78 is 0. The highest BCUT2D eigenvalue weighted by Gasteiger charge is 2.53. The van der Waals surface area contributed by atoms with Gasteiger partial charge in [-0.15, -0.1) is 0 Å². The third kappa shape index (κ3) is 6.06. The molecule has 0 unspecified atom stereocenters. The molecular weight excluding hydrogens is 617 g/mol. The molecule has 46 heavy (non-hydrogen) atoms. The van der Waals surface area contributed by atoms with Crippen LogP contribution in [0.3, 0.4) is 0 Å². The summed E-state index contributed by atoms with van der Waals surface area (Å²) >= 11 is 0. The molecule has 0 aliphatic heterocycles. The summed E-state index contributed by atoms with van der Waals surface area (Å²) in [7, 11) is -7.67. The van der Waals surface area contributed by atoms with Gasteiger partial charge < -0.3 is 0 Å². The normalized spacial score (nSPS) is 15.5. The van der Waals surface area contributed by atoms with E-state index in [2.05, 4.69) is 165 Å². The summed E-state index contributed by atoms with van der Waals surface area (Å²) in [5, 5.41) is 9.81. The summed E-state index contributed by atoms with van der Waals surface area (Å²) in [6.45, 7) is 47.1. The first-order valence-corrected chi connectivity index (χ1v) is 30.2. The van der Waals surface area contributed by atoms with Gasteiger partial charge in [0.25, 0.3) is 0 Å². The van der Waals surface area contributed by atoms with Crippen LogP contribution in [0.2, 0.25) is 64.5 Å².